The summed E-state index contributed by atoms with van der Waals surface area (Å²) < 4.78 is 32.8. The second-order valence-electron chi connectivity index (χ2n) is 5.02. The minimum absolute atomic E-state index is 0.150. The van der Waals surface area contributed by atoms with Crippen molar-refractivity contribution in [1.29, 1.82) is 0 Å². The highest BCUT2D eigenvalue weighted by molar-refractivity contribution is 5.22. The van der Waals surface area contributed by atoms with Crippen LogP contribution >= 0.6 is 0 Å². The Morgan fingerprint density at radius 2 is 2.26 bits per heavy atom. The largest absolute Gasteiger partial charge is 0.378 e. The fourth-order valence-corrected chi connectivity index (χ4v) is 2.52. The minimum Gasteiger partial charge on any atom is -0.378 e. The first kappa shape index (κ1) is 14.4. The first-order chi connectivity index (χ1) is 9.22. The lowest BCUT2D eigenvalue weighted by molar-refractivity contribution is 0.0941. The van der Waals surface area contributed by atoms with Crippen LogP contribution < -0.4 is 5.32 Å². The van der Waals surface area contributed by atoms with E-state index in [-0.39, 0.29) is 12.1 Å². The van der Waals surface area contributed by atoms with Crippen LogP contribution in [0.4, 0.5) is 8.78 Å². The third-order valence-electron chi connectivity index (χ3n) is 3.52. The molecule has 0 radical (unpaired) electrons. The van der Waals surface area contributed by atoms with Crippen LogP contribution in [0.5, 0.6) is 0 Å². The Labute approximate surface area is 113 Å². The van der Waals surface area contributed by atoms with Gasteiger partial charge in [-0.25, -0.2) is 8.78 Å². The van der Waals surface area contributed by atoms with E-state index in [1.807, 2.05) is 0 Å². The van der Waals surface area contributed by atoms with Crippen molar-refractivity contribution in [1.82, 2.24) is 5.32 Å². The Morgan fingerprint density at radius 3 is 2.95 bits per heavy atom. The smallest absolute Gasteiger partial charge is 0.163 e. The fourth-order valence-electron chi connectivity index (χ4n) is 2.52. The van der Waals surface area contributed by atoms with Crippen LogP contribution in [0.3, 0.4) is 0 Å². The summed E-state index contributed by atoms with van der Waals surface area (Å²) in [6.07, 6.45) is 3.86. The van der Waals surface area contributed by atoms with Gasteiger partial charge in [0.1, 0.15) is 0 Å². The van der Waals surface area contributed by atoms with Gasteiger partial charge in [0.2, 0.25) is 0 Å². The monoisotopic (exact) mass is 269 g/mol. The Bertz CT molecular complexity index is 405. The molecular formula is C15H21F2NO. The van der Waals surface area contributed by atoms with Crippen LogP contribution in [0.2, 0.25) is 0 Å². The molecule has 2 unspecified atom stereocenters. The Hall–Kier alpha value is -1.00. The zero-order valence-corrected chi connectivity index (χ0v) is 11.3. The lowest BCUT2D eigenvalue weighted by Gasteiger charge is -2.22. The van der Waals surface area contributed by atoms with E-state index in [0.717, 1.165) is 38.5 Å². The molecule has 4 heteroatoms. The molecule has 2 nitrogen and oxygen atoms in total. The van der Waals surface area contributed by atoms with Crippen molar-refractivity contribution >= 4 is 0 Å². The van der Waals surface area contributed by atoms with Gasteiger partial charge in [0.25, 0.3) is 0 Å². The molecular weight excluding hydrogens is 248 g/mol. The van der Waals surface area contributed by atoms with Crippen molar-refractivity contribution < 1.29 is 13.5 Å². The summed E-state index contributed by atoms with van der Waals surface area (Å²) in [5.41, 5.74) is 0.406. The average Bonchev–Trinajstić information content (AvgIpc) is 2.91. The summed E-state index contributed by atoms with van der Waals surface area (Å²) in [6.45, 7) is 3.61. The van der Waals surface area contributed by atoms with E-state index in [2.05, 4.69) is 12.2 Å². The molecule has 0 aromatic heterocycles. The molecule has 0 spiro atoms. The fraction of sp³-hybridized carbons (Fsp3) is 0.600. The molecule has 1 aliphatic rings. The molecule has 1 aromatic carbocycles. The number of halogens is 2. The van der Waals surface area contributed by atoms with Crippen molar-refractivity contribution in [2.45, 2.75) is 44.8 Å². The first-order valence-corrected chi connectivity index (χ1v) is 7.01. The second kappa shape index (κ2) is 6.96. The zero-order valence-electron chi connectivity index (χ0n) is 11.3. The molecule has 2 rings (SSSR count). The van der Waals surface area contributed by atoms with E-state index in [4.69, 9.17) is 4.74 Å². The normalized spacial score (nSPS) is 20.7. The van der Waals surface area contributed by atoms with Crippen molar-refractivity contribution in [3.63, 3.8) is 0 Å². The Morgan fingerprint density at radius 1 is 1.42 bits per heavy atom. The number of rotatable bonds is 6. The molecule has 19 heavy (non-hydrogen) atoms. The maximum atomic E-state index is 13.9. The van der Waals surface area contributed by atoms with E-state index >= 15 is 0 Å². The number of hydrogen-bond donors (Lipinski definition) is 1. The van der Waals surface area contributed by atoms with Crippen LogP contribution in [0, 0.1) is 11.6 Å². The molecule has 0 amide bonds. The van der Waals surface area contributed by atoms with Gasteiger partial charge in [-0.15, -0.1) is 0 Å². The SMILES string of the molecule is CCCNC(CC1CCCO1)c1cccc(F)c1F. The third-order valence-corrected chi connectivity index (χ3v) is 3.52. The number of benzene rings is 1. The van der Waals surface area contributed by atoms with E-state index in [1.54, 1.807) is 12.1 Å². The van der Waals surface area contributed by atoms with Gasteiger partial charge in [-0.1, -0.05) is 19.1 Å². The lowest BCUT2D eigenvalue weighted by atomic mass is 9.98. The standard InChI is InChI=1S/C15H21F2NO/c1-2-8-18-14(10-11-5-4-9-19-11)12-6-3-7-13(16)15(12)17/h3,6-7,11,14,18H,2,4-5,8-10H2,1H3. The molecule has 1 aliphatic heterocycles. The maximum Gasteiger partial charge on any atom is 0.163 e. The van der Waals surface area contributed by atoms with Gasteiger partial charge in [-0.3, -0.25) is 0 Å². The van der Waals surface area contributed by atoms with Gasteiger partial charge in [-0.05, 0) is 38.3 Å². The Kier molecular flexibility index (Phi) is 5.28. The van der Waals surface area contributed by atoms with E-state index in [9.17, 15) is 8.78 Å². The molecule has 1 fully saturated rings. The highest BCUT2D eigenvalue weighted by atomic mass is 19.2. The second-order valence-corrected chi connectivity index (χ2v) is 5.02. The van der Waals surface area contributed by atoms with Gasteiger partial charge in [-0.2, -0.15) is 0 Å². The van der Waals surface area contributed by atoms with Gasteiger partial charge >= 0.3 is 0 Å². The topological polar surface area (TPSA) is 21.3 Å². The Balaban J connectivity index is 2.13. The predicted molar refractivity (Wildman–Crippen MR) is 71.0 cm³/mol. The summed E-state index contributed by atoms with van der Waals surface area (Å²) in [4.78, 5) is 0. The zero-order chi connectivity index (χ0) is 13.7. The molecule has 1 N–H and O–H groups in total. The van der Waals surface area contributed by atoms with E-state index in [1.165, 1.54) is 0 Å². The number of hydrogen-bond acceptors (Lipinski definition) is 2. The van der Waals surface area contributed by atoms with E-state index < -0.39 is 11.6 Å². The summed E-state index contributed by atoms with van der Waals surface area (Å²) in [5, 5.41) is 3.29. The predicted octanol–water partition coefficient (Wildman–Crippen LogP) is 3.57. The van der Waals surface area contributed by atoms with Gasteiger partial charge in [0.15, 0.2) is 11.6 Å². The van der Waals surface area contributed by atoms with Crippen molar-refractivity contribution in [2.24, 2.45) is 0 Å². The highest BCUT2D eigenvalue weighted by Crippen LogP contribution is 2.27. The highest BCUT2D eigenvalue weighted by Gasteiger charge is 2.24. The maximum absolute atomic E-state index is 13.9. The van der Waals surface area contributed by atoms with Crippen LogP contribution in [0.15, 0.2) is 18.2 Å². The average molecular weight is 269 g/mol. The lowest BCUT2D eigenvalue weighted by Crippen LogP contribution is -2.27. The molecule has 0 bridgehead atoms. The molecule has 0 saturated carbocycles. The molecule has 0 aliphatic carbocycles. The van der Waals surface area contributed by atoms with Gasteiger partial charge in [0.05, 0.1) is 6.10 Å². The van der Waals surface area contributed by atoms with Crippen molar-refractivity contribution in [3.05, 3.63) is 35.4 Å². The van der Waals surface area contributed by atoms with Crippen molar-refractivity contribution in [2.75, 3.05) is 13.2 Å². The summed E-state index contributed by atoms with van der Waals surface area (Å²) in [6, 6.07) is 4.19. The van der Waals surface area contributed by atoms with Crippen molar-refractivity contribution in [3.8, 4) is 0 Å². The van der Waals surface area contributed by atoms with Crippen LogP contribution in [0.1, 0.15) is 44.2 Å². The van der Waals surface area contributed by atoms with Crippen LogP contribution in [0.25, 0.3) is 0 Å². The number of nitrogens with one attached hydrogen (secondary N) is 1. The molecule has 1 aromatic rings. The van der Waals surface area contributed by atoms with Gasteiger partial charge < -0.3 is 10.1 Å². The summed E-state index contributed by atoms with van der Waals surface area (Å²) >= 11 is 0. The number of ether oxygens (including phenoxy) is 1. The van der Waals surface area contributed by atoms with Gasteiger partial charge in [0, 0.05) is 18.2 Å². The summed E-state index contributed by atoms with van der Waals surface area (Å²) in [7, 11) is 0. The molecule has 1 heterocycles. The van der Waals surface area contributed by atoms with Crippen LogP contribution in [-0.2, 0) is 4.74 Å². The minimum atomic E-state index is -0.784. The van der Waals surface area contributed by atoms with E-state index in [0.29, 0.717) is 12.0 Å². The molecule has 2 atom stereocenters. The summed E-state index contributed by atoms with van der Waals surface area (Å²) in [5.74, 6) is -1.53. The first-order valence-electron chi connectivity index (χ1n) is 7.01. The third kappa shape index (κ3) is 3.74. The van der Waals surface area contributed by atoms with Crippen LogP contribution in [-0.4, -0.2) is 19.3 Å². The molecule has 1 saturated heterocycles. The molecule has 106 valence electrons. The quantitative estimate of drug-likeness (QED) is 0.852.